The summed E-state index contributed by atoms with van der Waals surface area (Å²) in [6.45, 7) is 0.719. The fourth-order valence-electron chi connectivity index (χ4n) is 3.07. The SMILES string of the molecule is O=C(O)CCCCCCCCCCCCOc1ccccc1SCCCC(=O)O. The molecule has 0 aliphatic carbocycles. The number of carboxylic acid groups (broad SMARTS) is 2. The highest BCUT2D eigenvalue weighted by Gasteiger charge is 2.05. The van der Waals surface area contributed by atoms with Gasteiger partial charge in [-0.25, -0.2) is 0 Å². The van der Waals surface area contributed by atoms with Crippen molar-refractivity contribution in [2.45, 2.75) is 88.4 Å². The van der Waals surface area contributed by atoms with Gasteiger partial charge in [0.05, 0.1) is 6.61 Å². The molecule has 6 heteroatoms. The van der Waals surface area contributed by atoms with E-state index in [-0.39, 0.29) is 6.42 Å². The molecule has 0 amide bonds. The first-order valence-electron chi connectivity index (χ1n) is 10.9. The number of para-hydroxylation sites is 1. The van der Waals surface area contributed by atoms with E-state index in [0.29, 0.717) is 12.8 Å². The first-order chi connectivity index (χ1) is 14.1. The summed E-state index contributed by atoms with van der Waals surface area (Å²) in [6.07, 6.45) is 12.6. The second-order valence-electron chi connectivity index (χ2n) is 7.32. The van der Waals surface area contributed by atoms with Crippen LogP contribution >= 0.6 is 11.8 Å². The van der Waals surface area contributed by atoms with Crippen molar-refractivity contribution in [1.82, 2.24) is 0 Å². The summed E-state index contributed by atoms with van der Waals surface area (Å²) in [4.78, 5) is 22.1. The molecule has 0 bridgehead atoms. The van der Waals surface area contributed by atoms with Crippen LogP contribution in [0.25, 0.3) is 0 Å². The minimum atomic E-state index is -0.745. The van der Waals surface area contributed by atoms with Crippen LogP contribution in [0.5, 0.6) is 5.75 Å². The van der Waals surface area contributed by atoms with E-state index < -0.39 is 11.9 Å². The van der Waals surface area contributed by atoms with Crippen LogP contribution in [0.15, 0.2) is 29.2 Å². The van der Waals surface area contributed by atoms with E-state index in [4.69, 9.17) is 14.9 Å². The minimum absolute atomic E-state index is 0.209. The molecule has 164 valence electrons. The molecule has 1 aromatic carbocycles. The molecule has 0 fully saturated rings. The standard InChI is InChI=1S/C23H36O5S/c24-22(25)16-9-7-5-3-1-2-4-6-8-12-18-28-20-14-10-11-15-21(20)29-19-13-17-23(26)27/h10-11,14-15H,1-9,12-13,16-19H2,(H,24,25)(H,26,27). The van der Waals surface area contributed by atoms with Crippen LogP contribution < -0.4 is 4.74 Å². The largest absolute Gasteiger partial charge is 0.492 e. The normalized spacial score (nSPS) is 10.8. The molecule has 0 aliphatic rings. The van der Waals surface area contributed by atoms with Crippen molar-refractivity contribution in [1.29, 1.82) is 0 Å². The number of carbonyl (C=O) groups is 2. The van der Waals surface area contributed by atoms with Crippen molar-refractivity contribution in [3.8, 4) is 5.75 Å². The van der Waals surface area contributed by atoms with Gasteiger partial charge in [0.1, 0.15) is 5.75 Å². The van der Waals surface area contributed by atoms with Crippen LogP contribution in [0, 0.1) is 0 Å². The van der Waals surface area contributed by atoms with Crippen LogP contribution in [0.1, 0.15) is 83.5 Å². The highest BCUT2D eigenvalue weighted by atomic mass is 32.2. The molecule has 0 unspecified atom stereocenters. The first-order valence-corrected chi connectivity index (χ1v) is 11.9. The average Bonchev–Trinajstić information content (AvgIpc) is 2.69. The lowest BCUT2D eigenvalue weighted by atomic mass is 10.1. The van der Waals surface area contributed by atoms with Gasteiger partial charge >= 0.3 is 11.9 Å². The molecule has 0 radical (unpaired) electrons. The summed E-state index contributed by atoms with van der Waals surface area (Å²) >= 11 is 1.66. The Morgan fingerprint density at radius 2 is 1.24 bits per heavy atom. The Morgan fingerprint density at radius 1 is 0.724 bits per heavy atom. The second kappa shape index (κ2) is 17.2. The van der Waals surface area contributed by atoms with Gasteiger partial charge in [0, 0.05) is 17.7 Å². The van der Waals surface area contributed by atoms with Gasteiger partial charge in [-0.2, -0.15) is 0 Å². The Kier molecular flexibility index (Phi) is 15.0. The maximum absolute atomic E-state index is 10.6. The molecule has 0 atom stereocenters. The smallest absolute Gasteiger partial charge is 0.303 e. The van der Waals surface area contributed by atoms with Crippen LogP contribution in [-0.2, 0) is 9.59 Å². The summed E-state index contributed by atoms with van der Waals surface area (Å²) in [6, 6.07) is 7.97. The van der Waals surface area contributed by atoms with Gasteiger partial charge in [-0.05, 0) is 37.1 Å². The van der Waals surface area contributed by atoms with E-state index in [1.54, 1.807) is 11.8 Å². The zero-order chi connectivity index (χ0) is 21.2. The van der Waals surface area contributed by atoms with Crippen molar-refractivity contribution in [3.63, 3.8) is 0 Å². The van der Waals surface area contributed by atoms with Crippen molar-refractivity contribution in [2.24, 2.45) is 0 Å². The van der Waals surface area contributed by atoms with Gasteiger partial charge in [-0.1, -0.05) is 63.5 Å². The fourth-order valence-corrected chi connectivity index (χ4v) is 4.02. The summed E-state index contributed by atoms with van der Waals surface area (Å²) in [5.74, 6) is 0.250. The zero-order valence-electron chi connectivity index (χ0n) is 17.4. The Hall–Kier alpha value is -1.69. The number of carboxylic acids is 2. The molecule has 0 aliphatic heterocycles. The Balaban J connectivity index is 1.99. The first kappa shape index (κ1) is 25.3. The lowest BCUT2D eigenvalue weighted by molar-refractivity contribution is -0.138. The lowest BCUT2D eigenvalue weighted by Crippen LogP contribution is -1.99. The molecule has 29 heavy (non-hydrogen) atoms. The van der Waals surface area contributed by atoms with Crippen LogP contribution in [-0.4, -0.2) is 34.5 Å². The predicted octanol–water partition coefficient (Wildman–Crippen LogP) is 6.40. The van der Waals surface area contributed by atoms with E-state index in [1.807, 2.05) is 24.3 Å². The topological polar surface area (TPSA) is 83.8 Å². The van der Waals surface area contributed by atoms with Crippen LogP contribution in [0.3, 0.4) is 0 Å². The summed E-state index contributed by atoms with van der Waals surface area (Å²) in [7, 11) is 0. The number of ether oxygens (including phenoxy) is 1. The second-order valence-corrected chi connectivity index (χ2v) is 8.46. The molecule has 0 aromatic heterocycles. The quantitative estimate of drug-likeness (QED) is 0.197. The molecular weight excluding hydrogens is 388 g/mol. The lowest BCUT2D eigenvalue weighted by Gasteiger charge is -2.11. The van der Waals surface area contributed by atoms with Crippen LogP contribution in [0.2, 0.25) is 0 Å². The van der Waals surface area contributed by atoms with Gasteiger partial charge in [0.25, 0.3) is 0 Å². The van der Waals surface area contributed by atoms with Gasteiger partial charge in [-0.15, -0.1) is 11.8 Å². The highest BCUT2D eigenvalue weighted by Crippen LogP contribution is 2.29. The Labute approximate surface area is 179 Å². The average molecular weight is 425 g/mol. The van der Waals surface area contributed by atoms with E-state index in [0.717, 1.165) is 48.7 Å². The van der Waals surface area contributed by atoms with Crippen LogP contribution in [0.4, 0.5) is 0 Å². The van der Waals surface area contributed by atoms with Gasteiger partial charge in [0.15, 0.2) is 0 Å². The summed E-state index contributed by atoms with van der Waals surface area (Å²) < 4.78 is 5.94. The molecule has 0 saturated carbocycles. The Morgan fingerprint density at radius 3 is 1.86 bits per heavy atom. The maximum Gasteiger partial charge on any atom is 0.303 e. The van der Waals surface area contributed by atoms with Gasteiger partial charge in [0.2, 0.25) is 0 Å². The number of thioether (sulfide) groups is 1. The molecule has 0 spiro atoms. The molecular formula is C23H36O5S. The predicted molar refractivity (Wildman–Crippen MR) is 118 cm³/mol. The number of aliphatic carboxylic acids is 2. The molecule has 5 nitrogen and oxygen atoms in total. The monoisotopic (exact) mass is 424 g/mol. The van der Waals surface area contributed by atoms with Crippen molar-refractivity contribution in [2.75, 3.05) is 12.4 Å². The molecule has 1 aromatic rings. The third kappa shape index (κ3) is 14.9. The highest BCUT2D eigenvalue weighted by molar-refractivity contribution is 7.99. The van der Waals surface area contributed by atoms with Crippen molar-refractivity contribution >= 4 is 23.7 Å². The molecule has 0 heterocycles. The Bertz CT molecular complexity index is 576. The number of hydrogen-bond acceptors (Lipinski definition) is 4. The number of hydrogen-bond donors (Lipinski definition) is 2. The molecule has 0 saturated heterocycles. The summed E-state index contributed by atoms with van der Waals surface area (Å²) in [5, 5.41) is 17.3. The number of rotatable bonds is 19. The molecule has 1 rings (SSSR count). The van der Waals surface area contributed by atoms with Gasteiger partial charge < -0.3 is 14.9 Å². The maximum atomic E-state index is 10.6. The zero-order valence-corrected chi connectivity index (χ0v) is 18.3. The minimum Gasteiger partial charge on any atom is -0.492 e. The van der Waals surface area contributed by atoms with Gasteiger partial charge in [-0.3, -0.25) is 9.59 Å². The van der Waals surface area contributed by atoms with E-state index >= 15 is 0 Å². The number of unbranched alkanes of at least 4 members (excludes halogenated alkanes) is 9. The van der Waals surface area contributed by atoms with E-state index in [1.165, 1.54) is 38.5 Å². The van der Waals surface area contributed by atoms with E-state index in [9.17, 15) is 9.59 Å². The van der Waals surface area contributed by atoms with Crippen molar-refractivity contribution in [3.05, 3.63) is 24.3 Å². The van der Waals surface area contributed by atoms with E-state index in [2.05, 4.69) is 0 Å². The fraction of sp³-hybridized carbons (Fsp3) is 0.652. The number of benzene rings is 1. The third-order valence-corrected chi connectivity index (χ3v) is 5.83. The third-order valence-electron chi connectivity index (χ3n) is 4.68. The summed E-state index contributed by atoms with van der Waals surface area (Å²) in [5.41, 5.74) is 0. The molecule has 2 N–H and O–H groups in total. The van der Waals surface area contributed by atoms with Crippen molar-refractivity contribution < 1.29 is 24.5 Å².